The number of benzene rings is 1. The Kier molecular flexibility index (Phi) is 7.98. The van der Waals surface area contributed by atoms with Crippen molar-refractivity contribution in [3.63, 3.8) is 0 Å². The van der Waals surface area contributed by atoms with E-state index in [9.17, 15) is 9.13 Å². The van der Waals surface area contributed by atoms with Crippen molar-refractivity contribution < 1.29 is 27.2 Å². The summed E-state index contributed by atoms with van der Waals surface area (Å²) in [7, 11) is -0.465. The summed E-state index contributed by atoms with van der Waals surface area (Å²) < 4.78 is 43.8. The fraction of sp³-hybridized carbons (Fsp3) is 0.571. The summed E-state index contributed by atoms with van der Waals surface area (Å²) in [5.74, 6) is 0. The van der Waals surface area contributed by atoms with Gasteiger partial charge in [0.1, 0.15) is 0 Å². The number of rotatable bonds is 10. The van der Waals surface area contributed by atoms with Gasteiger partial charge >= 0.3 is 15.2 Å². The van der Waals surface area contributed by atoms with Gasteiger partial charge in [0.2, 0.25) is 0 Å². The molecule has 1 aromatic carbocycles. The van der Waals surface area contributed by atoms with E-state index in [1.807, 2.05) is 24.3 Å². The molecule has 0 aliphatic carbocycles. The van der Waals surface area contributed by atoms with Crippen LogP contribution in [0.3, 0.4) is 0 Å². The van der Waals surface area contributed by atoms with Gasteiger partial charge in [-0.25, -0.2) is 0 Å². The lowest BCUT2D eigenvalue weighted by Gasteiger charge is -2.14. The molecule has 0 saturated heterocycles. The molecule has 0 atom stereocenters. The second-order valence-corrected chi connectivity index (χ2v) is 9.52. The van der Waals surface area contributed by atoms with Gasteiger partial charge in [-0.3, -0.25) is 9.13 Å². The van der Waals surface area contributed by atoms with Crippen LogP contribution >= 0.6 is 15.2 Å². The Balaban J connectivity index is 2.67. The largest absolute Gasteiger partial charge is 0.330 e. The number of hydrogen-bond donors (Lipinski definition) is 0. The summed E-state index contributed by atoms with van der Waals surface area (Å²) in [6.45, 7) is 0. The Hall–Kier alpha value is -0.480. The van der Waals surface area contributed by atoms with Gasteiger partial charge in [-0.05, 0) is 24.0 Å². The minimum absolute atomic E-state index is 0.318. The van der Waals surface area contributed by atoms with E-state index in [4.69, 9.17) is 18.1 Å². The van der Waals surface area contributed by atoms with Crippen LogP contribution in [-0.4, -0.2) is 40.8 Å². The second-order valence-electron chi connectivity index (χ2n) is 4.72. The highest BCUT2D eigenvalue weighted by molar-refractivity contribution is 7.54. The first-order valence-electron chi connectivity index (χ1n) is 6.89. The smallest absolute Gasteiger partial charge is 0.312 e. The van der Waals surface area contributed by atoms with Gasteiger partial charge in [0.05, 0.1) is 12.3 Å². The van der Waals surface area contributed by atoms with E-state index < -0.39 is 15.2 Å². The lowest BCUT2D eigenvalue weighted by Crippen LogP contribution is -2.01. The van der Waals surface area contributed by atoms with Gasteiger partial charge in [-0.2, -0.15) is 0 Å². The van der Waals surface area contributed by atoms with Crippen LogP contribution in [0.1, 0.15) is 11.1 Å². The first-order chi connectivity index (χ1) is 10.4. The molecule has 0 saturated carbocycles. The van der Waals surface area contributed by atoms with E-state index in [-0.39, 0.29) is 0 Å². The molecule has 0 aromatic heterocycles. The molecule has 0 N–H and O–H groups in total. The van der Waals surface area contributed by atoms with Gasteiger partial charge in [0, 0.05) is 28.4 Å². The van der Waals surface area contributed by atoms with Crippen LogP contribution in [-0.2, 0) is 40.1 Å². The Morgan fingerprint density at radius 3 is 1.45 bits per heavy atom. The Labute approximate surface area is 132 Å². The molecular formula is C14H24O6P2. The molecule has 0 radical (unpaired) electrons. The van der Waals surface area contributed by atoms with Gasteiger partial charge in [0.25, 0.3) is 0 Å². The summed E-state index contributed by atoms with van der Waals surface area (Å²) >= 11 is 0. The summed E-state index contributed by atoms with van der Waals surface area (Å²) in [5.41, 5.74) is 2.05. The Bertz CT molecular complexity index is 499. The highest BCUT2D eigenvalue weighted by Crippen LogP contribution is 2.47. The summed E-state index contributed by atoms with van der Waals surface area (Å²) in [6, 6.07) is 7.81. The van der Waals surface area contributed by atoms with E-state index >= 15 is 0 Å². The van der Waals surface area contributed by atoms with Crippen LogP contribution in [0, 0.1) is 0 Å². The topological polar surface area (TPSA) is 71.1 Å². The van der Waals surface area contributed by atoms with Gasteiger partial charge in [-0.15, -0.1) is 0 Å². The maximum absolute atomic E-state index is 12.0. The zero-order valence-electron chi connectivity index (χ0n) is 13.5. The third-order valence-corrected chi connectivity index (χ3v) is 7.22. The van der Waals surface area contributed by atoms with Crippen molar-refractivity contribution in [3.8, 4) is 0 Å². The van der Waals surface area contributed by atoms with Gasteiger partial charge < -0.3 is 18.1 Å². The molecule has 0 heterocycles. The van der Waals surface area contributed by atoms with Crippen molar-refractivity contribution in [2.75, 3.05) is 40.8 Å². The molecule has 1 aromatic rings. The monoisotopic (exact) mass is 350 g/mol. The maximum Gasteiger partial charge on any atom is 0.330 e. The van der Waals surface area contributed by atoms with Crippen molar-refractivity contribution >= 4 is 15.2 Å². The predicted molar refractivity (Wildman–Crippen MR) is 86.8 cm³/mol. The molecule has 0 bridgehead atoms. The second kappa shape index (κ2) is 8.97. The van der Waals surface area contributed by atoms with Crippen molar-refractivity contribution in [2.24, 2.45) is 0 Å². The molecular weight excluding hydrogens is 326 g/mol. The van der Waals surface area contributed by atoms with Crippen LogP contribution in [0.25, 0.3) is 0 Å². The van der Waals surface area contributed by atoms with E-state index in [2.05, 4.69) is 0 Å². The molecule has 0 unspecified atom stereocenters. The van der Waals surface area contributed by atoms with Crippen LogP contribution in [0.2, 0.25) is 0 Å². The zero-order valence-corrected chi connectivity index (χ0v) is 15.3. The summed E-state index contributed by atoms with van der Waals surface area (Å²) in [4.78, 5) is 0. The molecule has 0 aliphatic rings. The summed E-state index contributed by atoms with van der Waals surface area (Å²) in [6.07, 6.45) is 1.80. The van der Waals surface area contributed by atoms with E-state index in [1.54, 1.807) is 0 Å². The van der Waals surface area contributed by atoms with E-state index in [0.29, 0.717) is 25.2 Å². The molecule has 0 aliphatic heterocycles. The third-order valence-electron chi connectivity index (χ3n) is 3.45. The number of aryl methyl sites for hydroxylation is 2. The Morgan fingerprint density at radius 2 is 1.14 bits per heavy atom. The van der Waals surface area contributed by atoms with Crippen molar-refractivity contribution in [3.05, 3.63) is 35.4 Å². The molecule has 0 amide bonds. The fourth-order valence-corrected chi connectivity index (χ4v) is 4.08. The van der Waals surface area contributed by atoms with Gasteiger partial charge in [0.15, 0.2) is 0 Å². The maximum atomic E-state index is 12.0. The highest BCUT2D eigenvalue weighted by atomic mass is 31.2. The fourth-order valence-electron chi connectivity index (χ4n) is 1.99. The minimum atomic E-state index is -3.00. The highest BCUT2D eigenvalue weighted by Gasteiger charge is 2.21. The molecule has 6 nitrogen and oxygen atoms in total. The average Bonchev–Trinajstić information content (AvgIpc) is 2.58. The molecule has 0 spiro atoms. The quantitative estimate of drug-likeness (QED) is 0.599. The van der Waals surface area contributed by atoms with Crippen LogP contribution in [0.4, 0.5) is 0 Å². The molecule has 22 heavy (non-hydrogen) atoms. The van der Waals surface area contributed by atoms with E-state index in [1.165, 1.54) is 28.4 Å². The van der Waals surface area contributed by atoms with Crippen molar-refractivity contribution in [1.29, 1.82) is 0 Å². The first-order valence-corrected chi connectivity index (χ1v) is 10.3. The lowest BCUT2D eigenvalue weighted by atomic mass is 10.1. The van der Waals surface area contributed by atoms with Crippen molar-refractivity contribution in [1.82, 2.24) is 0 Å². The van der Waals surface area contributed by atoms with Crippen LogP contribution in [0.5, 0.6) is 0 Å². The predicted octanol–water partition coefficient (Wildman–Crippen LogP) is 3.74. The Morgan fingerprint density at radius 1 is 0.773 bits per heavy atom. The normalized spacial score (nSPS) is 12.5. The number of hydrogen-bond acceptors (Lipinski definition) is 6. The van der Waals surface area contributed by atoms with Crippen LogP contribution in [0.15, 0.2) is 24.3 Å². The molecule has 0 fully saturated rings. The zero-order chi connectivity index (χ0) is 16.6. The van der Waals surface area contributed by atoms with Crippen LogP contribution < -0.4 is 0 Å². The van der Waals surface area contributed by atoms with Crippen molar-refractivity contribution in [2.45, 2.75) is 12.8 Å². The van der Waals surface area contributed by atoms with Gasteiger partial charge in [-0.1, -0.05) is 24.3 Å². The molecule has 1 rings (SSSR count). The molecule has 8 heteroatoms. The summed E-state index contributed by atoms with van der Waals surface area (Å²) in [5, 5.41) is 0. The molecule has 126 valence electrons. The average molecular weight is 350 g/mol. The third kappa shape index (κ3) is 5.96. The SMILES string of the molecule is COP(=O)(CCc1cccc(CCP(=O)(OC)OC)c1)OC. The first kappa shape index (κ1) is 19.6. The standard InChI is InChI=1S/C14H24O6P2/c1-17-21(15,18-2)10-8-13-6-5-7-14(12-13)9-11-22(16,19-3)20-4/h5-7,12H,8-11H2,1-4H3. The van der Waals surface area contributed by atoms with E-state index in [0.717, 1.165) is 11.1 Å². The minimum Gasteiger partial charge on any atom is -0.312 e. The lowest BCUT2D eigenvalue weighted by molar-refractivity contribution is 0.275.